The van der Waals surface area contributed by atoms with E-state index < -0.39 is 12.0 Å². The van der Waals surface area contributed by atoms with Crippen LogP contribution in [0.4, 0.5) is 0 Å². The summed E-state index contributed by atoms with van der Waals surface area (Å²) in [5, 5.41) is 15.2. The minimum absolute atomic E-state index is 0.121. The van der Waals surface area contributed by atoms with E-state index in [-0.39, 0.29) is 29.9 Å². The molecule has 33 heavy (non-hydrogen) atoms. The van der Waals surface area contributed by atoms with Gasteiger partial charge in [0.05, 0.1) is 23.7 Å². The lowest BCUT2D eigenvalue weighted by Gasteiger charge is -2.23. The predicted molar refractivity (Wildman–Crippen MR) is 121 cm³/mol. The van der Waals surface area contributed by atoms with Crippen LogP contribution in [0, 0.1) is 0 Å². The number of benzene rings is 2. The van der Waals surface area contributed by atoms with Gasteiger partial charge in [-0.3, -0.25) is 9.59 Å². The number of nitrogens with one attached hydrogen (secondary N) is 2. The minimum atomic E-state index is -0.874. The van der Waals surface area contributed by atoms with Crippen molar-refractivity contribution in [1.82, 2.24) is 20.2 Å². The van der Waals surface area contributed by atoms with Crippen LogP contribution in [0.25, 0.3) is 11.0 Å². The first-order chi connectivity index (χ1) is 15.9. The van der Waals surface area contributed by atoms with Crippen LogP contribution in [0.3, 0.4) is 0 Å². The van der Waals surface area contributed by atoms with Gasteiger partial charge < -0.3 is 25.0 Å². The average Bonchev–Trinajstić information content (AvgIpc) is 3.08. The van der Waals surface area contributed by atoms with Crippen LogP contribution < -0.4 is 10.6 Å². The Morgan fingerprint density at radius 1 is 1.24 bits per heavy atom. The highest BCUT2D eigenvalue weighted by atomic mass is 16.5. The number of hydrogen-bond donors (Lipinski definition) is 3. The second-order valence-electron chi connectivity index (χ2n) is 8.06. The lowest BCUT2D eigenvalue weighted by Crippen LogP contribution is -2.45. The first-order valence-electron chi connectivity index (χ1n) is 10.8. The Balaban J connectivity index is 1.49. The van der Waals surface area contributed by atoms with Crippen LogP contribution in [0.2, 0.25) is 0 Å². The molecule has 9 heteroatoms. The molecule has 3 aromatic rings. The molecule has 0 spiro atoms. The van der Waals surface area contributed by atoms with E-state index in [4.69, 9.17) is 4.74 Å². The van der Waals surface area contributed by atoms with Crippen molar-refractivity contribution < 1.29 is 24.2 Å². The maximum atomic E-state index is 12.8. The van der Waals surface area contributed by atoms with Crippen molar-refractivity contribution >= 4 is 28.8 Å². The van der Waals surface area contributed by atoms with Crippen molar-refractivity contribution in [2.75, 3.05) is 13.7 Å². The molecular formula is C24H26N4O5. The first kappa shape index (κ1) is 22.3. The zero-order chi connectivity index (χ0) is 23.5. The fraction of sp³-hybridized carbons (Fsp3) is 0.333. The van der Waals surface area contributed by atoms with Gasteiger partial charge in [-0.2, -0.15) is 0 Å². The SMILES string of the molecule is COC(=O)C(NC(=O)CCc1nc2cccc3c2n1CCNC3=O)C(C)c1ccc(O)cc1. The van der Waals surface area contributed by atoms with E-state index in [0.717, 1.165) is 11.1 Å². The van der Waals surface area contributed by atoms with E-state index >= 15 is 0 Å². The third kappa shape index (κ3) is 4.52. The molecule has 0 bridgehead atoms. The lowest BCUT2D eigenvalue weighted by atomic mass is 9.93. The number of amides is 2. The van der Waals surface area contributed by atoms with Crippen LogP contribution >= 0.6 is 0 Å². The largest absolute Gasteiger partial charge is 0.508 e. The van der Waals surface area contributed by atoms with Crippen molar-refractivity contribution in [2.45, 2.75) is 38.3 Å². The summed E-state index contributed by atoms with van der Waals surface area (Å²) in [5.74, 6) is -0.509. The van der Waals surface area contributed by atoms with Gasteiger partial charge in [-0.15, -0.1) is 0 Å². The van der Waals surface area contributed by atoms with Crippen molar-refractivity contribution in [3.8, 4) is 5.75 Å². The Labute approximate surface area is 190 Å². The number of aromatic nitrogens is 2. The topological polar surface area (TPSA) is 123 Å². The highest BCUT2D eigenvalue weighted by molar-refractivity contribution is 6.05. The predicted octanol–water partition coefficient (Wildman–Crippen LogP) is 1.88. The van der Waals surface area contributed by atoms with Gasteiger partial charge in [0.25, 0.3) is 5.91 Å². The third-order valence-corrected chi connectivity index (χ3v) is 5.98. The molecule has 2 unspecified atom stereocenters. The summed E-state index contributed by atoms with van der Waals surface area (Å²) >= 11 is 0. The summed E-state index contributed by atoms with van der Waals surface area (Å²) < 4.78 is 6.88. The second-order valence-corrected chi connectivity index (χ2v) is 8.06. The molecule has 3 N–H and O–H groups in total. The molecule has 1 aliphatic rings. The normalized spacial score (nSPS) is 14.8. The number of imidazole rings is 1. The summed E-state index contributed by atoms with van der Waals surface area (Å²) in [6, 6.07) is 11.0. The molecule has 9 nitrogen and oxygen atoms in total. The molecule has 1 aromatic heterocycles. The zero-order valence-electron chi connectivity index (χ0n) is 18.5. The molecule has 172 valence electrons. The molecule has 2 heterocycles. The van der Waals surface area contributed by atoms with Crippen LogP contribution in [0.1, 0.15) is 41.0 Å². The maximum Gasteiger partial charge on any atom is 0.328 e. The molecule has 2 aromatic carbocycles. The molecule has 2 amide bonds. The van der Waals surface area contributed by atoms with Gasteiger partial charge in [0.2, 0.25) is 5.91 Å². The number of nitrogens with zero attached hydrogens (tertiary/aromatic N) is 2. The molecule has 0 saturated heterocycles. The number of hydrogen-bond acceptors (Lipinski definition) is 6. The van der Waals surface area contributed by atoms with Crippen molar-refractivity contribution in [3.63, 3.8) is 0 Å². The average molecular weight is 450 g/mol. The number of methoxy groups -OCH3 is 1. The number of carbonyl (C=O) groups excluding carboxylic acids is 3. The number of carbonyl (C=O) groups is 3. The van der Waals surface area contributed by atoms with Gasteiger partial charge in [0.15, 0.2) is 0 Å². The van der Waals surface area contributed by atoms with Crippen molar-refractivity contribution in [2.24, 2.45) is 0 Å². The minimum Gasteiger partial charge on any atom is -0.508 e. The quantitative estimate of drug-likeness (QED) is 0.473. The summed E-state index contributed by atoms with van der Waals surface area (Å²) in [6.07, 6.45) is 0.478. The van der Waals surface area contributed by atoms with E-state index in [1.165, 1.54) is 19.2 Å². The standard InChI is InChI=1S/C24H26N4O5/c1-14(15-6-8-16(29)9-7-15)21(24(32)33-2)27-20(30)11-10-19-26-18-5-3-4-17-22(18)28(19)13-12-25-23(17)31/h3-9,14,21,29H,10-13H2,1-2H3,(H,25,31)(H,27,30). The van der Waals surface area contributed by atoms with E-state index in [1.54, 1.807) is 24.3 Å². The van der Waals surface area contributed by atoms with Gasteiger partial charge in [0, 0.05) is 31.8 Å². The first-order valence-corrected chi connectivity index (χ1v) is 10.8. The van der Waals surface area contributed by atoms with Crippen LogP contribution in [0.5, 0.6) is 5.75 Å². The molecule has 2 atom stereocenters. The van der Waals surface area contributed by atoms with Gasteiger partial charge in [-0.05, 0) is 29.8 Å². The number of rotatable bonds is 7. The summed E-state index contributed by atoms with van der Waals surface area (Å²) in [5.41, 5.74) is 2.85. The Hall–Kier alpha value is -3.88. The van der Waals surface area contributed by atoms with Crippen LogP contribution in [-0.4, -0.2) is 52.1 Å². The lowest BCUT2D eigenvalue weighted by molar-refractivity contribution is -0.145. The summed E-state index contributed by atoms with van der Waals surface area (Å²) in [4.78, 5) is 42.1. The Morgan fingerprint density at radius 3 is 2.73 bits per heavy atom. The zero-order valence-corrected chi connectivity index (χ0v) is 18.5. The smallest absolute Gasteiger partial charge is 0.328 e. The Bertz CT molecular complexity index is 1200. The molecule has 0 radical (unpaired) electrons. The van der Waals surface area contributed by atoms with Crippen molar-refractivity contribution in [1.29, 1.82) is 0 Å². The Kier molecular flexibility index (Phi) is 6.30. The summed E-state index contributed by atoms with van der Waals surface area (Å²) in [6.45, 7) is 2.86. The molecule has 0 fully saturated rings. The third-order valence-electron chi connectivity index (χ3n) is 5.98. The van der Waals surface area contributed by atoms with E-state index in [1.807, 2.05) is 17.6 Å². The molecular weight excluding hydrogens is 424 g/mol. The number of ether oxygens (including phenoxy) is 1. The number of phenols is 1. The molecule has 4 rings (SSSR count). The van der Waals surface area contributed by atoms with Gasteiger partial charge in [0.1, 0.15) is 17.6 Å². The van der Waals surface area contributed by atoms with E-state index in [9.17, 15) is 19.5 Å². The van der Waals surface area contributed by atoms with Crippen LogP contribution in [0.15, 0.2) is 42.5 Å². The fourth-order valence-corrected chi connectivity index (χ4v) is 4.18. The van der Waals surface area contributed by atoms with Gasteiger partial charge in [-0.25, -0.2) is 9.78 Å². The number of esters is 1. The van der Waals surface area contributed by atoms with Crippen LogP contribution in [-0.2, 0) is 27.3 Å². The van der Waals surface area contributed by atoms with Gasteiger partial charge >= 0.3 is 5.97 Å². The van der Waals surface area contributed by atoms with E-state index in [0.29, 0.717) is 36.4 Å². The monoisotopic (exact) mass is 450 g/mol. The second kappa shape index (κ2) is 9.32. The Morgan fingerprint density at radius 2 is 2.00 bits per heavy atom. The maximum absolute atomic E-state index is 12.8. The summed E-state index contributed by atoms with van der Waals surface area (Å²) in [7, 11) is 1.28. The number of aromatic hydroxyl groups is 1. The van der Waals surface area contributed by atoms with Crippen molar-refractivity contribution in [3.05, 3.63) is 59.4 Å². The fourth-order valence-electron chi connectivity index (χ4n) is 4.18. The number of aryl methyl sites for hydroxylation is 1. The molecule has 0 saturated carbocycles. The van der Waals surface area contributed by atoms with E-state index in [2.05, 4.69) is 15.6 Å². The number of para-hydroxylation sites is 1. The van der Waals surface area contributed by atoms with Gasteiger partial charge in [-0.1, -0.05) is 25.1 Å². The number of phenolic OH excluding ortho intramolecular Hbond substituents is 1. The highest BCUT2D eigenvalue weighted by Crippen LogP contribution is 2.24. The molecule has 0 aliphatic carbocycles. The molecule has 1 aliphatic heterocycles. The highest BCUT2D eigenvalue weighted by Gasteiger charge is 2.29.